The minimum atomic E-state index is -0.188. The Morgan fingerprint density at radius 2 is 1.75 bits per heavy atom. The van der Waals surface area contributed by atoms with E-state index in [1.165, 1.54) is 4.90 Å². The number of benzene rings is 2. The second-order valence-electron chi connectivity index (χ2n) is 6.84. The summed E-state index contributed by atoms with van der Waals surface area (Å²) in [5, 5.41) is 3.52. The summed E-state index contributed by atoms with van der Waals surface area (Å²) in [5.41, 5.74) is 1.38. The number of piperazine rings is 1. The Labute approximate surface area is 175 Å². The van der Waals surface area contributed by atoms with E-state index in [1.54, 1.807) is 23.9 Å². The van der Waals surface area contributed by atoms with Crippen LogP contribution in [0.2, 0.25) is 5.02 Å². The van der Waals surface area contributed by atoms with Crippen molar-refractivity contribution in [3.8, 4) is 0 Å². The topological polar surface area (TPSA) is 53.9 Å². The van der Waals surface area contributed by atoms with E-state index in [4.69, 9.17) is 11.6 Å². The molecular formula is C21H25ClN3O2S+. The Balaban J connectivity index is 1.57. The Morgan fingerprint density at radius 1 is 1.11 bits per heavy atom. The van der Waals surface area contributed by atoms with Gasteiger partial charge in [0.2, 0.25) is 0 Å². The van der Waals surface area contributed by atoms with Gasteiger partial charge in [-0.15, -0.1) is 11.8 Å². The van der Waals surface area contributed by atoms with E-state index in [-0.39, 0.29) is 17.9 Å². The number of nitrogens with one attached hydrogen (secondary N) is 2. The summed E-state index contributed by atoms with van der Waals surface area (Å²) in [7, 11) is 0. The Kier molecular flexibility index (Phi) is 6.99. The summed E-state index contributed by atoms with van der Waals surface area (Å²) in [5.74, 6) is -0.0435. The summed E-state index contributed by atoms with van der Waals surface area (Å²) < 4.78 is 0. The highest BCUT2D eigenvalue weighted by atomic mass is 35.5. The lowest BCUT2D eigenvalue weighted by Gasteiger charge is -2.35. The van der Waals surface area contributed by atoms with Crippen molar-refractivity contribution in [2.45, 2.75) is 17.9 Å². The number of carbonyl (C=O) groups is 2. The van der Waals surface area contributed by atoms with Gasteiger partial charge in [-0.25, -0.2) is 0 Å². The van der Waals surface area contributed by atoms with Gasteiger partial charge in [0.05, 0.1) is 42.5 Å². The van der Waals surface area contributed by atoms with Crippen LogP contribution in [0.1, 0.15) is 17.3 Å². The Morgan fingerprint density at radius 3 is 2.43 bits per heavy atom. The van der Waals surface area contributed by atoms with Crippen molar-refractivity contribution in [3.63, 3.8) is 0 Å². The molecule has 2 aromatic carbocycles. The first-order chi connectivity index (χ1) is 13.5. The molecule has 0 bridgehead atoms. The zero-order chi connectivity index (χ0) is 20.1. The summed E-state index contributed by atoms with van der Waals surface area (Å²) in [6, 6.07) is 14.7. The molecule has 0 unspecified atom stereocenters. The van der Waals surface area contributed by atoms with Crippen molar-refractivity contribution in [2.24, 2.45) is 0 Å². The normalized spacial score (nSPS) is 15.9. The highest BCUT2D eigenvalue weighted by molar-refractivity contribution is 7.98. The average Bonchev–Trinajstić information content (AvgIpc) is 2.73. The van der Waals surface area contributed by atoms with E-state index in [0.717, 1.165) is 23.7 Å². The maximum absolute atomic E-state index is 12.7. The molecule has 2 amide bonds. The van der Waals surface area contributed by atoms with Gasteiger partial charge in [-0.2, -0.15) is 0 Å². The molecule has 0 spiro atoms. The SMILES string of the molecule is CSc1ccccc1NC(=O)[C@H](C)[NH+]1CCN(C(=O)c2ccccc2Cl)CC1. The molecule has 1 saturated heterocycles. The standard InChI is InChI=1S/C21H24ClN3O2S/c1-15(20(26)23-18-9-5-6-10-19(18)28-2)24-11-13-25(14-12-24)21(27)16-7-3-4-8-17(16)22/h3-10,15H,11-14H2,1-2H3,(H,23,26)/p+1/t15-/m0/s1. The average molecular weight is 419 g/mol. The summed E-state index contributed by atoms with van der Waals surface area (Å²) >= 11 is 7.76. The first-order valence-electron chi connectivity index (χ1n) is 9.33. The van der Waals surface area contributed by atoms with Crippen LogP contribution in [-0.2, 0) is 4.79 Å². The summed E-state index contributed by atoms with van der Waals surface area (Å²) in [6.45, 7) is 4.62. The van der Waals surface area contributed by atoms with Gasteiger partial charge >= 0.3 is 0 Å². The molecule has 1 atom stereocenters. The number of amides is 2. The lowest BCUT2D eigenvalue weighted by molar-refractivity contribution is -0.917. The predicted molar refractivity (Wildman–Crippen MR) is 114 cm³/mol. The molecule has 148 valence electrons. The highest BCUT2D eigenvalue weighted by Gasteiger charge is 2.31. The van der Waals surface area contributed by atoms with E-state index in [9.17, 15) is 9.59 Å². The second kappa shape index (κ2) is 9.45. The molecule has 1 aliphatic rings. The van der Waals surface area contributed by atoms with Crippen LogP contribution in [0.4, 0.5) is 5.69 Å². The molecule has 3 rings (SSSR count). The lowest BCUT2D eigenvalue weighted by atomic mass is 10.1. The van der Waals surface area contributed by atoms with Crippen molar-refractivity contribution in [1.82, 2.24) is 4.90 Å². The van der Waals surface area contributed by atoms with Crippen LogP contribution in [-0.4, -0.2) is 55.2 Å². The molecule has 1 aliphatic heterocycles. The minimum absolute atomic E-state index is 0.00220. The number of rotatable bonds is 5. The number of hydrogen-bond donors (Lipinski definition) is 2. The van der Waals surface area contributed by atoms with Gasteiger partial charge in [0.25, 0.3) is 11.8 Å². The summed E-state index contributed by atoms with van der Waals surface area (Å²) in [6.07, 6.45) is 1.99. The molecule has 0 saturated carbocycles. The maximum atomic E-state index is 12.7. The number of para-hydroxylation sites is 1. The monoisotopic (exact) mass is 418 g/mol. The number of quaternary nitrogens is 1. The molecule has 2 aromatic rings. The zero-order valence-electron chi connectivity index (χ0n) is 16.1. The molecular weight excluding hydrogens is 394 g/mol. The molecule has 7 heteroatoms. The molecule has 0 aromatic heterocycles. The van der Waals surface area contributed by atoms with Crippen molar-refractivity contribution in [2.75, 3.05) is 37.8 Å². The molecule has 1 fully saturated rings. The number of carbonyl (C=O) groups excluding carboxylic acids is 2. The van der Waals surface area contributed by atoms with Crippen LogP contribution in [0.3, 0.4) is 0 Å². The zero-order valence-corrected chi connectivity index (χ0v) is 17.6. The molecule has 28 heavy (non-hydrogen) atoms. The third-order valence-corrected chi connectivity index (χ3v) is 6.29. The van der Waals surface area contributed by atoms with E-state index in [2.05, 4.69) is 5.32 Å². The number of nitrogens with zero attached hydrogens (tertiary/aromatic N) is 1. The Bertz CT molecular complexity index is 853. The predicted octanol–water partition coefficient (Wildman–Crippen LogP) is 2.43. The van der Waals surface area contributed by atoms with Gasteiger partial charge < -0.3 is 15.1 Å². The van der Waals surface area contributed by atoms with E-state index in [1.807, 2.05) is 54.5 Å². The first-order valence-corrected chi connectivity index (χ1v) is 10.9. The lowest BCUT2D eigenvalue weighted by Crippen LogP contribution is -3.19. The number of anilines is 1. The van der Waals surface area contributed by atoms with Gasteiger partial charge in [0, 0.05) is 4.90 Å². The number of halogens is 1. The summed E-state index contributed by atoms with van der Waals surface area (Å²) in [4.78, 5) is 29.5. The van der Waals surface area contributed by atoms with Gasteiger partial charge in [-0.1, -0.05) is 35.9 Å². The van der Waals surface area contributed by atoms with Crippen molar-refractivity contribution in [1.29, 1.82) is 0 Å². The van der Waals surface area contributed by atoms with Gasteiger partial charge in [-0.3, -0.25) is 9.59 Å². The molecule has 1 heterocycles. The quantitative estimate of drug-likeness (QED) is 0.733. The third kappa shape index (κ3) is 4.69. The van der Waals surface area contributed by atoms with Gasteiger partial charge in [0.1, 0.15) is 0 Å². The maximum Gasteiger partial charge on any atom is 0.282 e. The fourth-order valence-corrected chi connectivity index (χ4v) is 4.18. The van der Waals surface area contributed by atoms with Crippen LogP contribution in [0.15, 0.2) is 53.4 Å². The van der Waals surface area contributed by atoms with E-state index in [0.29, 0.717) is 23.7 Å². The number of hydrogen-bond acceptors (Lipinski definition) is 3. The second-order valence-corrected chi connectivity index (χ2v) is 8.10. The van der Waals surface area contributed by atoms with Gasteiger partial charge in [-0.05, 0) is 37.4 Å². The molecule has 0 radical (unpaired) electrons. The van der Waals surface area contributed by atoms with Crippen LogP contribution >= 0.6 is 23.4 Å². The fraction of sp³-hybridized carbons (Fsp3) is 0.333. The molecule has 5 nitrogen and oxygen atoms in total. The van der Waals surface area contributed by atoms with Crippen LogP contribution in [0.25, 0.3) is 0 Å². The van der Waals surface area contributed by atoms with Crippen LogP contribution in [0.5, 0.6) is 0 Å². The smallest absolute Gasteiger partial charge is 0.282 e. The van der Waals surface area contributed by atoms with E-state index < -0.39 is 0 Å². The highest BCUT2D eigenvalue weighted by Crippen LogP contribution is 2.24. The fourth-order valence-electron chi connectivity index (χ4n) is 3.41. The largest absolute Gasteiger partial charge is 0.327 e. The minimum Gasteiger partial charge on any atom is -0.327 e. The Hall–Kier alpha value is -2.02. The van der Waals surface area contributed by atoms with Crippen molar-refractivity contribution < 1.29 is 14.5 Å². The van der Waals surface area contributed by atoms with Crippen molar-refractivity contribution in [3.05, 3.63) is 59.1 Å². The number of thioether (sulfide) groups is 1. The molecule has 2 N–H and O–H groups in total. The third-order valence-electron chi connectivity index (χ3n) is 5.17. The van der Waals surface area contributed by atoms with Crippen molar-refractivity contribution >= 4 is 40.9 Å². The first kappa shape index (κ1) is 20.7. The molecule has 0 aliphatic carbocycles. The van der Waals surface area contributed by atoms with E-state index >= 15 is 0 Å². The van der Waals surface area contributed by atoms with Crippen LogP contribution < -0.4 is 10.2 Å². The van der Waals surface area contributed by atoms with Gasteiger partial charge in [0.15, 0.2) is 6.04 Å². The van der Waals surface area contributed by atoms with Crippen LogP contribution in [0, 0.1) is 0 Å².